The van der Waals surface area contributed by atoms with Crippen molar-refractivity contribution >= 4 is 57.9 Å². The predicted octanol–water partition coefficient (Wildman–Crippen LogP) is 8.56. The van der Waals surface area contributed by atoms with Gasteiger partial charge < -0.3 is 14.4 Å². The number of nitrogens with one attached hydrogen (secondary N) is 1. The quantitative estimate of drug-likeness (QED) is 0.0960. The summed E-state index contributed by atoms with van der Waals surface area (Å²) in [4.78, 5) is 44.9. The lowest BCUT2D eigenvalue weighted by Gasteiger charge is -2.44. The first kappa shape index (κ1) is 34.6. The molecule has 5 aromatic carbocycles. The van der Waals surface area contributed by atoms with Crippen LogP contribution in [-0.4, -0.2) is 38.0 Å². The molecule has 266 valence electrons. The molecule has 0 unspecified atom stereocenters. The molecule has 5 aromatic rings. The van der Waals surface area contributed by atoms with Crippen LogP contribution in [0.2, 0.25) is 0 Å². The van der Waals surface area contributed by atoms with Crippen molar-refractivity contribution in [3.63, 3.8) is 0 Å². The Labute approximate surface area is 320 Å². The number of barbiturate groups is 1. The maximum Gasteiger partial charge on any atom is 0.335 e. The van der Waals surface area contributed by atoms with Gasteiger partial charge in [0, 0.05) is 30.6 Å². The van der Waals surface area contributed by atoms with Crippen molar-refractivity contribution in [2.75, 3.05) is 30.0 Å². The van der Waals surface area contributed by atoms with Crippen molar-refractivity contribution in [3.8, 4) is 11.5 Å². The molecule has 0 saturated carbocycles. The van der Waals surface area contributed by atoms with E-state index in [1.54, 1.807) is 24.3 Å². The number of anilines is 2. The van der Waals surface area contributed by atoms with Gasteiger partial charge in [0.1, 0.15) is 18.0 Å². The number of amides is 4. The van der Waals surface area contributed by atoms with E-state index >= 15 is 0 Å². The molecule has 10 heteroatoms. The van der Waals surface area contributed by atoms with Crippen LogP contribution in [0, 0.1) is 9.39 Å². The molecule has 0 spiro atoms. The van der Waals surface area contributed by atoms with Gasteiger partial charge in [0.05, 0.1) is 16.4 Å². The second-order valence-electron chi connectivity index (χ2n) is 13.4. The Kier molecular flexibility index (Phi) is 9.46. The van der Waals surface area contributed by atoms with Gasteiger partial charge in [-0.25, -0.2) is 14.1 Å². The monoisotopic (exact) mass is 819 g/mol. The Hall–Kier alpha value is -5.49. The molecule has 8 rings (SSSR count). The number of methoxy groups -OCH3 is 1. The van der Waals surface area contributed by atoms with E-state index in [0.717, 1.165) is 53.2 Å². The van der Waals surface area contributed by atoms with Crippen LogP contribution in [0.15, 0.2) is 115 Å². The molecule has 0 aromatic heterocycles. The Bertz CT molecular complexity index is 2190. The second-order valence-corrected chi connectivity index (χ2v) is 14.5. The summed E-state index contributed by atoms with van der Waals surface area (Å²) in [5.74, 6) is -0.847. The number of urea groups is 1. The lowest BCUT2D eigenvalue weighted by atomic mass is 9.76. The SMILES string of the molecule is COc1cc(/C=C2\C(=O)NC(=O)N(c3cc4c5c(c3)[C@H](c3ccccc3)CCN5CC[C@H]4c3ccccc3)C2=O)cc(I)c1OCc1ccc(F)cc1. The third-order valence-electron chi connectivity index (χ3n) is 10.2. The van der Waals surface area contributed by atoms with Crippen LogP contribution < -0.4 is 24.6 Å². The Morgan fingerprint density at radius 2 is 1.43 bits per heavy atom. The number of benzene rings is 5. The van der Waals surface area contributed by atoms with Crippen LogP contribution in [0.1, 0.15) is 58.1 Å². The summed E-state index contributed by atoms with van der Waals surface area (Å²) < 4.78 is 25.8. The van der Waals surface area contributed by atoms with E-state index in [0.29, 0.717) is 26.3 Å². The lowest BCUT2D eigenvalue weighted by molar-refractivity contribution is -0.122. The minimum Gasteiger partial charge on any atom is -0.493 e. The molecule has 0 bridgehead atoms. The summed E-state index contributed by atoms with van der Waals surface area (Å²) in [6.45, 7) is 1.99. The van der Waals surface area contributed by atoms with Gasteiger partial charge in [-0.3, -0.25) is 14.9 Å². The molecule has 1 saturated heterocycles. The number of hydrogen-bond acceptors (Lipinski definition) is 6. The maximum absolute atomic E-state index is 14.4. The zero-order valence-electron chi connectivity index (χ0n) is 28.9. The molecular formula is C43H35FIN3O5. The number of halogens is 2. The van der Waals surface area contributed by atoms with E-state index in [1.165, 1.54) is 36.4 Å². The van der Waals surface area contributed by atoms with Crippen molar-refractivity contribution in [2.24, 2.45) is 0 Å². The molecule has 3 aliphatic rings. The van der Waals surface area contributed by atoms with E-state index < -0.39 is 17.8 Å². The second kappa shape index (κ2) is 14.5. The normalized spacial score (nSPS) is 18.8. The summed E-state index contributed by atoms with van der Waals surface area (Å²) in [5, 5.41) is 2.42. The van der Waals surface area contributed by atoms with Crippen LogP contribution in [0.3, 0.4) is 0 Å². The van der Waals surface area contributed by atoms with Crippen LogP contribution in [-0.2, 0) is 16.2 Å². The third kappa shape index (κ3) is 6.67. The number of carbonyl (C=O) groups excluding carboxylic acids is 3. The number of hydrogen-bond donors (Lipinski definition) is 1. The first-order valence-corrected chi connectivity index (χ1v) is 18.6. The van der Waals surface area contributed by atoms with Gasteiger partial charge in [0.15, 0.2) is 11.5 Å². The molecular weight excluding hydrogens is 784 g/mol. The van der Waals surface area contributed by atoms with E-state index in [1.807, 2.05) is 48.5 Å². The fourth-order valence-electron chi connectivity index (χ4n) is 7.73. The Balaban J connectivity index is 1.18. The maximum atomic E-state index is 14.4. The highest BCUT2D eigenvalue weighted by molar-refractivity contribution is 14.1. The van der Waals surface area contributed by atoms with Gasteiger partial charge in [0.2, 0.25) is 0 Å². The molecule has 0 radical (unpaired) electrons. The van der Waals surface area contributed by atoms with Crippen LogP contribution in [0.5, 0.6) is 11.5 Å². The fraction of sp³-hybridized carbons (Fsp3) is 0.186. The third-order valence-corrected chi connectivity index (χ3v) is 11.0. The van der Waals surface area contributed by atoms with Gasteiger partial charge in [-0.05, 0) is 111 Å². The van der Waals surface area contributed by atoms with Crippen LogP contribution >= 0.6 is 22.6 Å². The minimum atomic E-state index is -0.794. The largest absolute Gasteiger partial charge is 0.493 e. The summed E-state index contributed by atoms with van der Waals surface area (Å²) in [6, 6.07) is 33.3. The summed E-state index contributed by atoms with van der Waals surface area (Å²) >= 11 is 2.10. The zero-order valence-corrected chi connectivity index (χ0v) is 31.0. The summed E-state index contributed by atoms with van der Waals surface area (Å²) in [7, 11) is 1.50. The molecule has 3 aliphatic heterocycles. The van der Waals surface area contributed by atoms with Crippen LogP contribution in [0.25, 0.3) is 6.08 Å². The Morgan fingerprint density at radius 3 is 2.02 bits per heavy atom. The number of ether oxygens (including phenoxy) is 2. The fourth-order valence-corrected chi connectivity index (χ4v) is 8.51. The van der Waals surface area contributed by atoms with E-state index in [-0.39, 0.29) is 29.8 Å². The highest BCUT2D eigenvalue weighted by atomic mass is 127. The average Bonchev–Trinajstić information content (AvgIpc) is 3.17. The molecule has 0 aliphatic carbocycles. The average molecular weight is 820 g/mol. The van der Waals surface area contributed by atoms with Gasteiger partial charge in [0.25, 0.3) is 11.8 Å². The van der Waals surface area contributed by atoms with Gasteiger partial charge in [-0.15, -0.1) is 0 Å². The highest BCUT2D eigenvalue weighted by Crippen LogP contribution is 2.50. The van der Waals surface area contributed by atoms with E-state index in [4.69, 9.17) is 9.47 Å². The number of imide groups is 2. The smallest absolute Gasteiger partial charge is 0.335 e. The molecule has 1 fully saturated rings. The number of nitrogens with zero attached hydrogens (tertiary/aromatic N) is 2. The topological polar surface area (TPSA) is 88.2 Å². The van der Waals surface area contributed by atoms with E-state index in [9.17, 15) is 18.8 Å². The highest BCUT2D eigenvalue weighted by Gasteiger charge is 2.40. The van der Waals surface area contributed by atoms with Crippen molar-refractivity contribution in [3.05, 3.63) is 158 Å². The minimum absolute atomic E-state index is 0.0635. The zero-order chi connectivity index (χ0) is 36.6. The van der Waals surface area contributed by atoms with Crippen molar-refractivity contribution in [1.29, 1.82) is 0 Å². The lowest BCUT2D eigenvalue weighted by Crippen LogP contribution is -2.54. The molecule has 2 atom stereocenters. The molecule has 4 amide bonds. The summed E-state index contributed by atoms with van der Waals surface area (Å²) in [6.07, 6.45) is 3.25. The first-order valence-electron chi connectivity index (χ1n) is 17.5. The first-order chi connectivity index (χ1) is 25.8. The summed E-state index contributed by atoms with van der Waals surface area (Å²) in [5.41, 5.74) is 7.16. The van der Waals surface area contributed by atoms with Crippen molar-refractivity contribution < 1.29 is 28.2 Å². The van der Waals surface area contributed by atoms with Crippen molar-refractivity contribution in [2.45, 2.75) is 31.3 Å². The van der Waals surface area contributed by atoms with Gasteiger partial charge in [-0.2, -0.15) is 0 Å². The molecule has 1 N–H and O–H groups in total. The number of rotatable bonds is 8. The van der Waals surface area contributed by atoms with Gasteiger partial charge >= 0.3 is 6.03 Å². The molecule has 53 heavy (non-hydrogen) atoms. The van der Waals surface area contributed by atoms with E-state index in [2.05, 4.69) is 57.1 Å². The standard InChI is InChI=1S/C43H35FIN3O5/c1-52-38-22-27(21-37(45)40(38)53-25-26-12-14-30(44)15-13-26)20-36-41(49)46-43(51)48(42(36)50)31-23-34-32(28-8-4-2-5-9-28)16-18-47-19-17-33(35(24-31)39(34)47)29-10-6-3-7-11-29/h2-15,20-24,32-33H,16-19,25H2,1H3,(H,46,49,51)/b36-20+/t32-,33-/m0/s1. The van der Waals surface area contributed by atoms with Gasteiger partial charge in [-0.1, -0.05) is 72.8 Å². The van der Waals surface area contributed by atoms with Crippen molar-refractivity contribution in [1.82, 2.24) is 5.32 Å². The number of carbonyl (C=O) groups is 3. The Morgan fingerprint density at radius 1 is 0.830 bits per heavy atom. The molecule has 8 nitrogen and oxygen atoms in total. The van der Waals surface area contributed by atoms with Crippen LogP contribution in [0.4, 0.5) is 20.6 Å². The predicted molar refractivity (Wildman–Crippen MR) is 210 cm³/mol. The molecule has 3 heterocycles.